The number of carboxylic acid groups (broad SMARTS) is 1. The van der Waals surface area contributed by atoms with Crippen LogP contribution >= 0.6 is 0 Å². The van der Waals surface area contributed by atoms with Crippen LogP contribution in [-0.4, -0.2) is 49.3 Å². The number of carboxylic acids is 1. The molecule has 0 spiro atoms. The highest BCUT2D eigenvalue weighted by atomic mass is 16.5. The van der Waals surface area contributed by atoms with Crippen LogP contribution in [0.3, 0.4) is 0 Å². The Morgan fingerprint density at radius 3 is 2.50 bits per heavy atom. The van der Waals surface area contributed by atoms with Gasteiger partial charge >= 0.3 is 12.0 Å². The van der Waals surface area contributed by atoms with Gasteiger partial charge in [-0.25, -0.2) is 4.79 Å². The molecule has 0 saturated carbocycles. The van der Waals surface area contributed by atoms with Crippen molar-refractivity contribution in [2.24, 2.45) is 5.73 Å². The smallest absolute Gasteiger partial charge is 0.314 e. The lowest BCUT2D eigenvalue weighted by atomic mass is 10.2. The second-order valence-electron chi connectivity index (χ2n) is 3.66. The quantitative estimate of drug-likeness (QED) is 0.397. The van der Waals surface area contributed by atoms with Gasteiger partial charge in [-0.15, -0.1) is 0 Å². The maximum Gasteiger partial charge on any atom is 0.314 e. The average Bonchev–Trinajstić information content (AvgIpc) is 2.29. The van der Waals surface area contributed by atoms with Gasteiger partial charge in [0.1, 0.15) is 0 Å². The van der Waals surface area contributed by atoms with Gasteiger partial charge in [-0.3, -0.25) is 9.59 Å². The van der Waals surface area contributed by atoms with E-state index in [0.717, 1.165) is 0 Å². The molecule has 0 fully saturated rings. The number of ether oxygens (including phenoxy) is 1. The molecule has 0 aromatic carbocycles. The van der Waals surface area contributed by atoms with Gasteiger partial charge in [0, 0.05) is 26.6 Å². The number of primary amides is 1. The third-order valence-electron chi connectivity index (χ3n) is 2.11. The van der Waals surface area contributed by atoms with Crippen LogP contribution < -0.4 is 16.4 Å². The summed E-state index contributed by atoms with van der Waals surface area (Å²) in [5, 5.41) is 13.5. The molecule has 0 heterocycles. The summed E-state index contributed by atoms with van der Waals surface area (Å²) in [7, 11) is 1.38. The largest absolute Gasteiger partial charge is 0.481 e. The first-order valence-corrected chi connectivity index (χ1v) is 5.50. The van der Waals surface area contributed by atoms with Gasteiger partial charge in [0.25, 0.3) is 0 Å². The summed E-state index contributed by atoms with van der Waals surface area (Å²) in [4.78, 5) is 32.1. The Balaban J connectivity index is 3.67. The second kappa shape index (κ2) is 9.23. The van der Waals surface area contributed by atoms with E-state index in [1.807, 2.05) is 0 Å². The zero-order chi connectivity index (χ0) is 14.0. The number of hydrogen-bond donors (Lipinski definition) is 4. The van der Waals surface area contributed by atoms with Gasteiger partial charge in [0.05, 0.1) is 12.5 Å². The molecular formula is C10H19N3O5. The number of urea groups is 1. The molecular weight excluding hydrogens is 242 g/mol. The average molecular weight is 261 g/mol. The summed E-state index contributed by atoms with van der Waals surface area (Å²) < 4.78 is 4.88. The number of carbonyl (C=O) groups excluding carboxylic acids is 2. The fourth-order valence-corrected chi connectivity index (χ4v) is 1.17. The molecule has 0 bridgehead atoms. The van der Waals surface area contributed by atoms with Crippen molar-refractivity contribution in [2.45, 2.75) is 25.4 Å². The number of rotatable bonds is 9. The van der Waals surface area contributed by atoms with Gasteiger partial charge in [-0.2, -0.15) is 0 Å². The molecule has 1 unspecified atom stereocenters. The predicted octanol–water partition coefficient (Wildman–Crippen LogP) is -0.959. The van der Waals surface area contributed by atoms with Crippen molar-refractivity contribution in [2.75, 3.05) is 20.2 Å². The normalized spacial score (nSPS) is 11.6. The second-order valence-corrected chi connectivity index (χ2v) is 3.66. The monoisotopic (exact) mass is 261 g/mol. The van der Waals surface area contributed by atoms with Gasteiger partial charge in [-0.1, -0.05) is 0 Å². The number of methoxy groups -OCH3 is 1. The van der Waals surface area contributed by atoms with Crippen molar-refractivity contribution in [3.8, 4) is 0 Å². The van der Waals surface area contributed by atoms with E-state index in [9.17, 15) is 14.4 Å². The SMILES string of the molecule is COC(CNC(=O)NCCCC(N)=O)CC(=O)O. The Morgan fingerprint density at radius 2 is 2.00 bits per heavy atom. The summed E-state index contributed by atoms with van der Waals surface area (Å²) >= 11 is 0. The Bertz CT molecular complexity index is 295. The Labute approximate surface area is 105 Å². The van der Waals surface area contributed by atoms with Crippen molar-refractivity contribution in [1.82, 2.24) is 10.6 Å². The minimum absolute atomic E-state index is 0.102. The van der Waals surface area contributed by atoms with Gasteiger partial charge < -0.3 is 26.2 Å². The highest BCUT2D eigenvalue weighted by Crippen LogP contribution is 1.95. The maximum atomic E-state index is 11.3. The van der Waals surface area contributed by atoms with E-state index >= 15 is 0 Å². The fraction of sp³-hybridized carbons (Fsp3) is 0.700. The highest BCUT2D eigenvalue weighted by molar-refractivity contribution is 5.75. The van der Waals surface area contributed by atoms with Crippen LogP contribution in [0.5, 0.6) is 0 Å². The fourth-order valence-electron chi connectivity index (χ4n) is 1.17. The Hall–Kier alpha value is -1.83. The summed E-state index contributed by atoms with van der Waals surface area (Å²) in [6.45, 7) is 0.426. The van der Waals surface area contributed by atoms with E-state index in [0.29, 0.717) is 13.0 Å². The van der Waals surface area contributed by atoms with Crippen LogP contribution in [-0.2, 0) is 14.3 Å². The molecule has 1 atom stereocenters. The van der Waals surface area contributed by atoms with Gasteiger partial charge in [0.2, 0.25) is 5.91 Å². The van der Waals surface area contributed by atoms with Crippen molar-refractivity contribution in [3.05, 3.63) is 0 Å². The molecule has 0 aromatic heterocycles. The lowest BCUT2D eigenvalue weighted by molar-refractivity contribution is -0.139. The van der Waals surface area contributed by atoms with Crippen molar-refractivity contribution < 1.29 is 24.2 Å². The minimum atomic E-state index is -0.995. The van der Waals surface area contributed by atoms with Crippen molar-refractivity contribution in [1.29, 1.82) is 0 Å². The topological polar surface area (TPSA) is 131 Å². The van der Waals surface area contributed by atoms with Crippen LogP contribution in [0.4, 0.5) is 4.79 Å². The van der Waals surface area contributed by atoms with E-state index < -0.39 is 24.0 Å². The van der Waals surface area contributed by atoms with Gasteiger partial charge in [0.15, 0.2) is 0 Å². The van der Waals surface area contributed by atoms with Crippen LogP contribution in [0.2, 0.25) is 0 Å². The number of carbonyl (C=O) groups is 3. The van der Waals surface area contributed by atoms with Crippen LogP contribution in [0.25, 0.3) is 0 Å². The predicted molar refractivity (Wildman–Crippen MR) is 62.9 cm³/mol. The summed E-state index contributed by atoms with van der Waals surface area (Å²) in [6, 6.07) is -0.438. The van der Waals surface area contributed by atoms with Crippen molar-refractivity contribution >= 4 is 17.9 Å². The third kappa shape index (κ3) is 9.40. The number of hydrogen-bond acceptors (Lipinski definition) is 4. The summed E-state index contributed by atoms with van der Waals surface area (Å²) in [5.74, 6) is -1.41. The number of amides is 3. The van der Waals surface area contributed by atoms with E-state index in [1.54, 1.807) is 0 Å². The molecule has 0 saturated heterocycles. The van der Waals surface area contributed by atoms with Crippen LogP contribution in [0.1, 0.15) is 19.3 Å². The summed E-state index contributed by atoms with van der Waals surface area (Å²) in [6.07, 6.45) is -0.0804. The van der Waals surface area contributed by atoms with Crippen molar-refractivity contribution in [3.63, 3.8) is 0 Å². The maximum absolute atomic E-state index is 11.3. The molecule has 104 valence electrons. The number of nitrogens with one attached hydrogen (secondary N) is 2. The standard InChI is InChI=1S/C10H19N3O5/c1-18-7(5-9(15)16)6-13-10(17)12-4-2-3-8(11)14/h7H,2-6H2,1H3,(H2,11,14)(H,15,16)(H2,12,13,17). The molecule has 18 heavy (non-hydrogen) atoms. The molecule has 0 aliphatic heterocycles. The Kier molecular flexibility index (Phi) is 8.29. The first kappa shape index (κ1) is 16.2. The first-order chi connectivity index (χ1) is 8.45. The zero-order valence-corrected chi connectivity index (χ0v) is 10.3. The molecule has 5 N–H and O–H groups in total. The first-order valence-electron chi connectivity index (χ1n) is 5.50. The highest BCUT2D eigenvalue weighted by Gasteiger charge is 2.13. The lowest BCUT2D eigenvalue weighted by Crippen LogP contribution is -2.41. The molecule has 3 amide bonds. The van der Waals surface area contributed by atoms with E-state index in [1.165, 1.54) is 7.11 Å². The molecule has 0 radical (unpaired) electrons. The molecule has 8 nitrogen and oxygen atoms in total. The summed E-state index contributed by atoms with van der Waals surface area (Å²) in [5.41, 5.74) is 4.93. The minimum Gasteiger partial charge on any atom is -0.481 e. The molecule has 8 heteroatoms. The van der Waals surface area contributed by atoms with E-state index in [4.69, 9.17) is 15.6 Å². The van der Waals surface area contributed by atoms with E-state index in [2.05, 4.69) is 10.6 Å². The van der Waals surface area contributed by atoms with Crippen LogP contribution in [0, 0.1) is 0 Å². The number of nitrogens with two attached hydrogens (primary N) is 1. The molecule has 0 aromatic rings. The lowest BCUT2D eigenvalue weighted by Gasteiger charge is -2.14. The van der Waals surface area contributed by atoms with Gasteiger partial charge in [-0.05, 0) is 6.42 Å². The number of aliphatic carboxylic acids is 1. The molecule has 0 rings (SSSR count). The third-order valence-corrected chi connectivity index (χ3v) is 2.11. The zero-order valence-electron chi connectivity index (χ0n) is 10.3. The van der Waals surface area contributed by atoms with Crippen LogP contribution in [0.15, 0.2) is 0 Å². The molecule has 0 aliphatic rings. The van der Waals surface area contributed by atoms with E-state index in [-0.39, 0.29) is 19.4 Å². The Morgan fingerprint density at radius 1 is 1.33 bits per heavy atom. The molecule has 0 aliphatic carbocycles.